The highest BCUT2D eigenvalue weighted by atomic mass is 79.9. The van der Waals surface area contributed by atoms with Crippen molar-refractivity contribution in [2.45, 2.75) is 25.8 Å². The molecule has 0 saturated heterocycles. The first-order valence-electron chi connectivity index (χ1n) is 8.59. The summed E-state index contributed by atoms with van der Waals surface area (Å²) in [7, 11) is 0. The molecule has 1 heterocycles. The van der Waals surface area contributed by atoms with Gasteiger partial charge >= 0.3 is 6.03 Å². The van der Waals surface area contributed by atoms with E-state index in [0.29, 0.717) is 32.0 Å². The number of fused-ring (bicyclic) bond motifs is 1. The number of phenols is 1. The van der Waals surface area contributed by atoms with E-state index in [0.717, 1.165) is 15.6 Å². The molecule has 1 aliphatic heterocycles. The smallest absolute Gasteiger partial charge is 0.317 e. The van der Waals surface area contributed by atoms with E-state index in [-0.39, 0.29) is 17.2 Å². The average molecular weight is 419 g/mol. The van der Waals surface area contributed by atoms with Gasteiger partial charge in [-0.15, -0.1) is 0 Å². The van der Waals surface area contributed by atoms with Gasteiger partial charge < -0.3 is 20.1 Å². The number of rotatable bonds is 3. The lowest BCUT2D eigenvalue weighted by molar-refractivity contribution is 0.185. The van der Waals surface area contributed by atoms with Crippen LogP contribution in [0.3, 0.4) is 0 Å². The molecule has 0 aliphatic carbocycles. The van der Waals surface area contributed by atoms with E-state index in [9.17, 15) is 9.90 Å². The number of carbonyl (C=O) groups excluding carboxylic acids is 1. The number of nitrogens with zero attached hydrogens (tertiary/aromatic N) is 1. The molecule has 2 aromatic carbocycles. The molecular weight excluding hydrogens is 396 g/mol. The van der Waals surface area contributed by atoms with Crippen molar-refractivity contribution in [2.24, 2.45) is 0 Å². The molecule has 26 heavy (non-hydrogen) atoms. The van der Waals surface area contributed by atoms with Gasteiger partial charge in [0.05, 0.1) is 13.1 Å². The number of nitrogens with one attached hydrogen (secondary N) is 1. The van der Waals surface area contributed by atoms with E-state index < -0.39 is 0 Å². The molecular formula is C20H23BrN2O3. The highest BCUT2D eigenvalue weighted by Crippen LogP contribution is 2.30. The SMILES string of the molecule is CC(C)(CNC(=O)N1CCOc2cc(O)ccc2C1)c1ccccc1Br. The molecule has 0 aromatic heterocycles. The predicted octanol–water partition coefficient (Wildman–Crippen LogP) is 4.04. The molecule has 0 atom stereocenters. The van der Waals surface area contributed by atoms with E-state index >= 15 is 0 Å². The van der Waals surface area contributed by atoms with Crippen LogP contribution in [0, 0.1) is 0 Å². The maximum atomic E-state index is 12.7. The molecule has 2 N–H and O–H groups in total. The lowest BCUT2D eigenvalue weighted by Gasteiger charge is -2.29. The van der Waals surface area contributed by atoms with Crippen LogP contribution in [0.2, 0.25) is 0 Å². The van der Waals surface area contributed by atoms with Crippen LogP contribution in [0.15, 0.2) is 46.9 Å². The van der Waals surface area contributed by atoms with Crippen LogP contribution in [0.25, 0.3) is 0 Å². The highest BCUT2D eigenvalue weighted by Gasteiger charge is 2.26. The maximum Gasteiger partial charge on any atom is 0.317 e. The second-order valence-corrected chi connectivity index (χ2v) is 7.94. The van der Waals surface area contributed by atoms with E-state index in [1.807, 2.05) is 18.2 Å². The Labute approximate surface area is 162 Å². The van der Waals surface area contributed by atoms with Crippen LogP contribution in [0.5, 0.6) is 11.5 Å². The fraction of sp³-hybridized carbons (Fsp3) is 0.350. The van der Waals surface area contributed by atoms with E-state index in [4.69, 9.17) is 4.74 Å². The second kappa shape index (κ2) is 7.58. The standard InChI is InChI=1S/C20H23BrN2O3/c1-20(2,16-5-3-4-6-17(16)21)13-22-19(25)23-9-10-26-18-11-15(24)8-7-14(18)12-23/h3-8,11,24H,9-10,12-13H2,1-2H3,(H,22,25). The Morgan fingerprint density at radius 3 is 2.85 bits per heavy atom. The van der Waals surface area contributed by atoms with Crippen molar-refractivity contribution in [1.29, 1.82) is 0 Å². The van der Waals surface area contributed by atoms with Gasteiger partial charge in [-0.3, -0.25) is 0 Å². The minimum Gasteiger partial charge on any atom is -0.508 e. The van der Waals surface area contributed by atoms with E-state index in [1.165, 1.54) is 0 Å². The van der Waals surface area contributed by atoms with Crippen LogP contribution >= 0.6 is 15.9 Å². The van der Waals surface area contributed by atoms with Gasteiger partial charge in [0, 0.05) is 28.1 Å². The van der Waals surface area contributed by atoms with Gasteiger partial charge in [0.25, 0.3) is 0 Å². The Bertz CT molecular complexity index is 807. The molecule has 138 valence electrons. The molecule has 2 aromatic rings. The van der Waals surface area contributed by atoms with Crippen molar-refractivity contribution in [3.05, 3.63) is 58.1 Å². The molecule has 6 heteroatoms. The van der Waals surface area contributed by atoms with Gasteiger partial charge in [-0.05, 0) is 23.8 Å². The number of ether oxygens (including phenoxy) is 1. The van der Waals surface area contributed by atoms with Crippen LogP contribution in [0.1, 0.15) is 25.0 Å². The zero-order valence-electron chi connectivity index (χ0n) is 15.0. The number of carbonyl (C=O) groups is 1. The lowest BCUT2D eigenvalue weighted by Crippen LogP contribution is -2.45. The van der Waals surface area contributed by atoms with Crippen molar-refractivity contribution >= 4 is 22.0 Å². The quantitative estimate of drug-likeness (QED) is 0.790. The monoisotopic (exact) mass is 418 g/mol. The fourth-order valence-corrected chi connectivity index (χ4v) is 3.87. The summed E-state index contributed by atoms with van der Waals surface area (Å²) < 4.78 is 6.69. The van der Waals surface area contributed by atoms with Gasteiger partial charge in [-0.25, -0.2) is 4.79 Å². The van der Waals surface area contributed by atoms with Gasteiger partial charge in [0.15, 0.2) is 0 Å². The van der Waals surface area contributed by atoms with Crippen LogP contribution in [0.4, 0.5) is 4.79 Å². The molecule has 2 amide bonds. The van der Waals surface area contributed by atoms with Gasteiger partial charge in [-0.1, -0.05) is 48.0 Å². The van der Waals surface area contributed by atoms with E-state index in [1.54, 1.807) is 23.1 Å². The summed E-state index contributed by atoms with van der Waals surface area (Å²) in [6, 6.07) is 12.9. The summed E-state index contributed by atoms with van der Waals surface area (Å²) in [6.07, 6.45) is 0. The summed E-state index contributed by atoms with van der Waals surface area (Å²) in [4.78, 5) is 14.4. The average Bonchev–Trinajstić information content (AvgIpc) is 2.82. The summed E-state index contributed by atoms with van der Waals surface area (Å²) >= 11 is 3.59. The third kappa shape index (κ3) is 4.12. The van der Waals surface area contributed by atoms with Crippen LogP contribution < -0.4 is 10.1 Å². The molecule has 5 nitrogen and oxygen atoms in total. The molecule has 3 rings (SSSR count). The fourth-order valence-electron chi connectivity index (χ4n) is 3.05. The summed E-state index contributed by atoms with van der Waals surface area (Å²) in [5, 5.41) is 12.6. The first kappa shape index (κ1) is 18.6. The van der Waals surface area contributed by atoms with Crippen molar-refractivity contribution in [3.8, 4) is 11.5 Å². The number of halogens is 1. The molecule has 0 spiro atoms. The van der Waals surface area contributed by atoms with Gasteiger partial charge in [-0.2, -0.15) is 0 Å². The normalized spacial score (nSPS) is 14.2. The third-order valence-electron chi connectivity index (χ3n) is 4.60. The number of hydrogen-bond acceptors (Lipinski definition) is 3. The summed E-state index contributed by atoms with van der Waals surface area (Å²) in [5.41, 5.74) is 1.84. The second-order valence-electron chi connectivity index (χ2n) is 7.08. The highest BCUT2D eigenvalue weighted by molar-refractivity contribution is 9.10. The molecule has 1 aliphatic rings. The van der Waals surface area contributed by atoms with Crippen molar-refractivity contribution < 1.29 is 14.6 Å². The number of benzene rings is 2. The Balaban J connectivity index is 1.66. The Hall–Kier alpha value is -2.21. The topological polar surface area (TPSA) is 61.8 Å². The lowest BCUT2D eigenvalue weighted by atomic mass is 9.84. The predicted molar refractivity (Wildman–Crippen MR) is 105 cm³/mol. The minimum atomic E-state index is -0.207. The number of urea groups is 1. The van der Waals surface area contributed by atoms with Crippen LogP contribution in [-0.2, 0) is 12.0 Å². The maximum absolute atomic E-state index is 12.7. The first-order chi connectivity index (χ1) is 12.4. The largest absolute Gasteiger partial charge is 0.508 e. The van der Waals surface area contributed by atoms with Crippen molar-refractivity contribution in [2.75, 3.05) is 19.7 Å². The summed E-state index contributed by atoms with van der Waals surface area (Å²) in [5.74, 6) is 0.797. The van der Waals surface area contributed by atoms with Crippen LogP contribution in [-0.4, -0.2) is 35.7 Å². The van der Waals surface area contributed by atoms with Gasteiger partial charge in [0.1, 0.15) is 18.1 Å². The molecule has 0 bridgehead atoms. The molecule has 0 saturated carbocycles. The summed E-state index contributed by atoms with van der Waals surface area (Å²) in [6.45, 7) is 6.09. The molecule has 0 fully saturated rings. The molecule has 0 unspecified atom stereocenters. The van der Waals surface area contributed by atoms with E-state index in [2.05, 4.69) is 41.2 Å². The number of amides is 2. The zero-order valence-corrected chi connectivity index (χ0v) is 16.5. The Morgan fingerprint density at radius 2 is 2.08 bits per heavy atom. The van der Waals surface area contributed by atoms with Crippen molar-refractivity contribution in [3.63, 3.8) is 0 Å². The van der Waals surface area contributed by atoms with Gasteiger partial charge in [0.2, 0.25) is 0 Å². The Morgan fingerprint density at radius 1 is 1.31 bits per heavy atom. The third-order valence-corrected chi connectivity index (χ3v) is 5.29. The number of aromatic hydroxyl groups is 1. The minimum absolute atomic E-state index is 0.116. The number of phenolic OH excluding ortho intramolecular Hbond substituents is 1. The number of hydrogen-bond donors (Lipinski definition) is 2. The zero-order chi connectivity index (χ0) is 18.7. The van der Waals surface area contributed by atoms with Crippen molar-refractivity contribution in [1.82, 2.24) is 10.2 Å². The first-order valence-corrected chi connectivity index (χ1v) is 9.38. The Kier molecular flexibility index (Phi) is 5.41. The molecule has 0 radical (unpaired) electrons.